The first-order valence-corrected chi connectivity index (χ1v) is 7.62. The van der Waals surface area contributed by atoms with Crippen LogP contribution in [0.3, 0.4) is 0 Å². The molecule has 24 heavy (non-hydrogen) atoms. The minimum absolute atomic E-state index is 0.164. The van der Waals surface area contributed by atoms with Gasteiger partial charge >= 0.3 is 0 Å². The summed E-state index contributed by atoms with van der Waals surface area (Å²) in [4.78, 5) is 16.6. The van der Waals surface area contributed by atoms with E-state index in [0.717, 1.165) is 5.39 Å². The first kappa shape index (κ1) is 16.2. The molecule has 0 aliphatic carbocycles. The van der Waals surface area contributed by atoms with Crippen LogP contribution in [-0.2, 0) is 11.2 Å². The number of nitrogens with zero attached hydrogens (tertiary/aromatic N) is 1. The molecule has 2 aromatic carbocycles. The van der Waals surface area contributed by atoms with Gasteiger partial charge in [0.25, 0.3) is 0 Å². The van der Waals surface area contributed by atoms with E-state index in [2.05, 4.69) is 10.3 Å². The maximum atomic E-state index is 13.8. The average molecular weight is 345 g/mol. The highest BCUT2D eigenvalue weighted by atomic mass is 35.5. The third-order valence-electron chi connectivity index (χ3n) is 3.59. The summed E-state index contributed by atoms with van der Waals surface area (Å²) in [6.07, 6.45) is 1.47. The fourth-order valence-electron chi connectivity index (χ4n) is 2.43. The summed E-state index contributed by atoms with van der Waals surface area (Å²) >= 11 is 5.97. The van der Waals surface area contributed by atoms with Crippen molar-refractivity contribution in [1.29, 1.82) is 0 Å². The van der Waals surface area contributed by atoms with E-state index in [1.807, 2.05) is 12.1 Å². The lowest BCUT2D eigenvalue weighted by Crippen LogP contribution is -2.16. The molecule has 122 valence electrons. The SMILES string of the molecule is COc1cc(NC(=O)Cc2c(F)cccc2Cl)c2ncccc2c1. The third-order valence-corrected chi connectivity index (χ3v) is 3.94. The molecular formula is C18H14ClFN2O2. The average Bonchev–Trinajstić information content (AvgIpc) is 2.58. The van der Waals surface area contributed by atoms with Crippen LogP contribution in [0, 0.1) is 5.82 Å². The van der Waals surface area contributed by atoms with E-state index in [4.69, 9.17) is 16.3 Å². The highest BCUT2D eigenvalue weighted by Gasteiger charge is 2.14. The second kappa shape index (κ2) is 6.84. The number of benzene rings is 2. The number of anilines is 1. The minimum atomic E-state index is -0.508. The molecule has 0 bridgehead atoms. The number of carbonyl (C=O) groups is 1. The molecule has 3 rings (SSSR count). The first-order chi connectivity index (χ1) is 11.6. The van der Waals surface area contributed by atoms with Crippen LogP contribution in [0.25, 0.3) is 10.9 Å². The number of halogens is 2. The number of hydrogen-bond donors (Lipinski definition) is 1. The summed E-state index contributed by atoms with van der Waals surface area (Å²) in [7, 11) is 1.54. The van der Waals surface area contributed by atoms with E-state index >= 15 is 0 Å². The predicted molar refractivity (Wildman–Crippen MR) is 92.0 cm³/mol. The van der Waals surface area contributed by atoms with Crippen LogP contribution in [-0.4, -0.2) is 18.0 Å². The van der Waals surface area contributed by atoms with Gasteiger partial charge in [-0.15, -0.1) is 0 Å². The predicted octanol–water partition coefficient (Wildman–Crippen LogP) is 4.22. The Balaban J connectivity index is 1.90. The molecule has 0 saturated carbocycles. The Kier molecular flexibility index (Phi) is 4.62. The zero-order valence-electron chi connectivity index (χ0n) is 12.8. The summed E-state index contributed by atoms with van der Waals surface area (Å²) in [6, 6.07) is 11.5. The fourth-order valence-corrected chi connectivity index (χ4v) is 2.66. The van der Waals surface area contributed by atoms with Crippen LogP contribution >= 0.6 is 11.6 Å². The molecule has 1 aromatic heterocycles. The number of carbonyl (C=O) groups excluding carboxylic acids is 1. The molecule has 0 fully saturated rings. The van der Waals surface area contributed by atoms with Crippen molar-refractivity contribution in [2.75, 3.05) is 12.4 Å². The molecule has 1 N–H and O–H groups in total. The summed E-state index contributed by atoms with van der Waals surface area (Å²) < 4.78 is 19.1. The normalized spacial score (nSPS) is 10.6. The lowest BCUT2D eigenvalue weighted by Gasteiger charge is -2.11. The molecule has 1 amide bonds. The Morgan fingerprint density at radius 3 is 2.88 bits per heavy atom. The van der Waals surface area contributed by atoms with E-state index in [0.29, 0.717) is 17.0 Å². The van der Waals surface area contributed by atoms with E-state index in [-0.39, 0.29) is 22.9 Å². The van der Waals surface area contributed by atoms with Crippen LogP contribution < -0.4 is 10.1 Å². The van der Waals surface area contributed by atoms with Crippen molar-refractivity contribution in [3.8, 4) is 5.75 Å². The van der Waals surface area contributed by atoms with E-state index < -0.39 is 5.82 Å². The molecular weight excluding hydrogens is 331 g/mol. The summed E-state index contributed by atoms with van der Waals surface area (Å²) in [5, 5.41) is 3.81. The number of hydrogen-bond acceptors (Lipinski definition) is 3. The van der Waals surface area contributed by atoms with Crippen LogP contribution in [0.2, 0.25) is 5.02 Å². The number of rotatable bonds is 4. The molecule has 0 spiro atoms. The maximum absolute atomic E-state index is 13.8. The highest BCUT2D eigenvalue weighted by molar-refractivity contribution is 6.31. The zero-order chi connectivity index (χ0) is 17.1. The van der Waals surface area contributed by atoms with Gasteiger partial charge in [-0.2, -0.15) is 0 Å². The van der Waals surface area contributed by atoms with Crippen molar-refractivity contribution in [1.82, 2.24) is 4.98 Å². The quantitative estimate of drug-likeness (QED) is 0.771. The van der Waals surface area contributed by atoms with Crippen molar-refractivity contribution in [2.24, 2.45) is 0 Å². The third kappa shape index (κ3) is 3.31. The smallest absolute Gasteiger partial charge is 0.229 e. The van der Waals surface area contributed by atoms with E-state index in [9.17, 15) is 9.18 Å². The number of aromatic nitrogens is 1. The number of pyridine rings is 1. The molecule has 4 nitrogen and oxygen atoms in total. The van der Waals surface area contributed by atoms with Crippen molar-refractivity contribution in [3.63, 3.8) is 0 Å². The molecule has 0 atom stereocenters. The Morgan fingerprint density at radius 2 is 2.12 bits per heavy atom. The highest BCUT2D eigenvalue weighted by Crippen LogP contribution is 2.28. The van der Waals surface area contributed by atoms with Gasteiger partial charge in [0, 0.05) is 28.2 Å². The van der Waals surface area contributed by atoms with Crippen LogP contribution in [0.1, 0.15) is 5.56 Å². The van der Waals surface area contributed by atoms with Gasteiger partial charge in [0.2, 0.25) is 5.91 Å². The van der Waals surface area contributed by atoms with Crippen molar-refractivity contribution in [3.05, 3.63) is 65.1 Å². The minimum Gasteiger partial charge on any atom is -0.497 e. The molecule has 3 aromatic rings. The van der Waals surface area contributed by atoms with E-state index in [1.165, 1.54) is 12.1 Å². The molecule has 0 unspecified atom stereocenters. The van der Waals surface area contributed by atoms with Gasteiger partial charge in [-0.05, 0) is 24.3 Å². The lowest BCUT2D eigenvalue weighted by molar-refractivity contribution is -0.115. The number of amides is 1. The second-order valence-electron chi connectivity index (χ2n) is 5.18. The van der Waals surface area contributed by atoms with Crippen molar-refractivity contribution in [2.45, 2.75) is 6.42 Å². The topological polar surface area (TPSA) is 51.2 Å². The van der Waals surface area contributed by atoms with Crippen LogP contribution in [0.15, 0.2) is 48.7 Å². The van der Waals surface area contributed by atoms with Crippen LogP contribution in [0.5, 0.6) is 5.75 Å². The standard InChI is InChI=1S/C18H14ClFN2O2/c1-24-12-8-11-4-3-7-21-18(11)16(9-12)22-17(23)10-13-14(19)5-2-6-15(13)20/h2-9H,10H2,1H3,(H,22,23). The first-order valence-electron chi connectivity index (χ1n) is 7.24. The monoisotopic (exact) mass is 344 g/mol. The largest absolute Gasteiger partial charge is 0.497 e. The van der Waals surface area contributed by atoms with Crippen molar-refractivity contribution < 1.29 is 13.9 Å². The van der Waals surface area contributed by atoms with Gasteiger partial charge < -0.3 is 10.1 Å². The van der Waals surface area contributed by atoms with Crippen LogP contribution in [0.4, 0.5) is 10.1 Å². The van der Waals surface area contributed by atoms with Gasteiger partial charge in [-0.1, -0.05) is 23.7 Å². The Morgan fingerprint density at radius 1 is 1.29 bits per heavy atom. The molecule has 6 heteroatoms. The summed E-state index contributed by atoms with van der Waals surface area (Å²) in [5.74, 6) is -0.303. The summed E-state index contributed by atoms with van der Waals surface area (Å²) in [6.45, 7) is 0. The lowest BCUT2D eigenvalue weighted by atomic mass is 10.1. The Bertz CT molecular complexity index is 894. The van der Waals surface area contributed by atoms with E-state index in [1.54, 1.807) is 31.5 Å². The van der Waals surface area contributed by atoms with Gasteiger partial charge in [0.15, 0.2) is 0 Å². The number of methoxy groups -OCH3 is 1. The number of ether oxygens (including phenoxy) is 1. The number of fused-ring (bicyclic) bond motifs is 1. The fraction of sp³-hybridized carbons (Fsp3) is 0.111. The molecule has 0 aliphatic heterocycles. The molecule has 0 saturated heterocycles. The summed E-state index contributed by atoms with van der Waals surface area (Å²) in [5.41, 5.74) is 1.30. The van der Waals surface area contributed by atoms with Gasteiger partial charge in [-0.3, -0.25) is 9.78 Å². The van der Waals surface area contributed by atoms with Crippen molar-refractivity contribution >= 4 is 34.1 Å². The molecule has 0 radical (unpaired) electrons. The van der Waals surface area contributed by atoms with Gasteiger partial charge in [0.05, 0.1) is 24.7 Å². The second-order valence-corrected chi connectivity index (χ2v) is 5.58. The zero-order valence-corrected chi connectivity index (χ0v) is 13.6. The Hall–Kier alpha value is -2.66. The maximum Gasteiger partial charge on any atom is 0.229 e. The van der Waals surface area contributed by atoms with Gasteiger partial charge in [0.1, 0.15) is 11.6 Å². The number of nitrogens with one attached hydrogen (secondary N) is 1. The van der Waals surface area contributed by atoms with Gasteiger partial charge in [-0.25, -0.2) is 4.39 Å². The molecule has 0 aliphatic rings. The Labute approximate surface area is 143 Å². The molecule has 1 heterocycles.